The number of hydrogen-bond acceptors (Lipinski definition) is 9. The highest BCUT2D eigenvalue weighted by atomic mass is 16.5. The van der Waals surface area contributed by atoms with Crippen LogP contribution in [0.2, 0.25) is 0 Å². The van der Waals surface area contributed by atoms with Crippen LogP contribution in [0, 0.1) is 0 Å². The van der Waals surface area contributed by atoms with Crippen molar-refractivity contribution in [3.05, 3.63) is 35.9 Å². The normalized spacial score (nSPS) is 17.1. The van der Waals surface area contributed by atoms with E-state index in [9.17, 15) is 0 Å². The molecule has 0 aliphatic carbocycles. The van der Waals surface area contributed by atoms with E-state index < -0.39 is 0 Å². The summed E-state index contributed by atoms with van der Waals surface area (Å²) in [6, 6.07) is 8.34. The number of anilines is 4. The van der Waals surface area contributed by atoms with Gasteiger partial charge in [-0.3, -0.25) is 0 Å². The molecular formula is C22H30N8O. The fourth-order valence-electron chi connectivity index (χ4n) is 3.54. The van der Waals surface area contributed by atoms with Crippen molar-refractivity contribution in [2.75, 3.05) is 73.6 Å². The smallest absolute Gasteiger partial charge is 0.250 e. The molecule has 2 aliphatic rings. The molecule has 164 valence electrons. The number of hydrogen-bond donors (Lipinski definition) is 1. The van der Waals surface area contributed by atoms with Crippen molar-refractivity contribution in [3.63, 3.8) is 0 Å². The molecule has 31 heavy (non-hydrogen) atoms. The molecule has 0 atom stereocenters. The zero-order valence-corrected chi connectivity index (χ0v) is 18.2. The zero-order chi connectivity index (χ0) is 21.5. The number of nitrogens with zero attached hydrogens (tertiary/aromatic N) is 7. The highest BCUT2D eigenvalue weighted by molar-refractivity contribution is 5.78. The molecule has 9 heteroatoms. The van der Waals surface area contributed by atoms with Crippen LogP contribution in [-0.4, -0.2) is 74.7 Å². The maximum absolute atomic E-state index is 5.46. The van der Waals surface area contributed by atoms with Gasteiger partial charge in [-0.1, -0.05) is 18.2 Å². The Hall–Kier alpha value is -3.20. The van der Waals surface area contributed by atoms with Gasteiger partial charge >= 0.3 is 0 Å². The van der Waals surface area contributed by atoms with E-state index in [-0.39, 0.29) is 0 Å². The highest BCUT2D eigenvalue weighted by Crippen LogP contribution is 2.21. The Labute approximate surface area is 183 Å². The molecule has 2 fully saturated rings. The number of morpholine rings is 1. The van der Waals surface area contributed by atoms with Gasteiger partial charge in [0.1, 0.15) is 0 Å². The summed E-state index contributed by atoms with van der Waals surface area (Å²) < 4.78 is 5.46. The molecule has 3 heterocycles. The number of ether oxygens (including phenoxy) is 1. The fraction of sp³-hybridized carbons (Fsp3) is 0.455. The number of nitrogens with one attached hydrogen (secondary N) is 1. The first kappa shape index (κ1) is 21.0. The molecule has 2 aliphatic heterocycles. The number of rotatable bonds is 7. The largest absolute Gasteiger partial charge is 0.378 e. The number of allylic oxidation sites excluding steroid dienone is 1. The predicted octanol–water partition coefficient (Wildman–Crippen LogP) is 2.49. The van der Waals surface area contributed by atoms with Crippen LogP contribution in [-0.2, 0) is 4.74 Å². The van der Waals surface area contributed by atoms with E-state index in [1.807, 2.05) is 26.2 Å². The van der Waals surface area contributed by atoms with Crippen LogP contribution in [0.3, 0.4) is 0 Å². The summed E-state index contributed by atoms with van der Waals surface area (Å²) in [6.07, 6.45) is 7.93. The molecular weight excluding hydrogens is 392 g/mol. The topological polar surface area (TPSA) is 82.0 Å². The van der Waals surface area contributed by atoms with Crippen molar-refractivity contribution in [1.82, 2.24) is 15.0 Å². The molecule has 0 unspecified atom stereocenters. The van der Waals surface area contributed by atoms with Gasteiger partial charge in [0.25, 0.3) is 0 Å². The van der Waals surface area contributed by atoms with Gasteiger partial charge in [-0.2, -0.15) is 20.1 Å². The lowest BCUT2D eigenvalue weighted by molar-refractivity contribution is 0.122. The summed E-state index contributed by atoms with van der Waals surface area (Å²) in [5.74, 6) is 1.84. The summed E-state index contributed by atoms with van der Waals surface area (Å²) in [7, 11) is 4.06. The minimum Gasteiger partial charge on any atom is -0.378 e. The van der Waals surface area contributed by atoms with Crippen LogP contribution in [0.4, 0.5) is 23.5 Å². The van der Waals surface area contributed by atoms with E-state index in [2.05, 4.69) is 59.5 Å². The van der Waals surface area contributed by atoms with Gasteiger partial charge in [0.15, 0.2) is 0 Å². The first-order valence-corrected chi connectivity index (χ1v) is 10.8. The van der Waals surface area contributed by atoms with Crippen LogP contribution < -0.4 is 20.1 Å². The van der Waals surface area contributed by atoms with E-state index >= 15 is 0 Å². The maximum Gasteiger partial charge on any atom is 0.250 e. The van der Waals surface area contributed by atoms with Crippen molar-refractivity contribution in [2.45, 2.75) is 12.8 Å². The standard InChI is InChI=1S/C22H30N8O/c1-28(2)19-9-7-18(8-10-19)6-5-11-23-27-20-24-21(29-12-3-4-13-29)26-22(25-20)30-14-16-31-17-15-30/h5-11H,3-4,12-17H2,1-2H3,(H,24,25,26,27)/b6-5+,23-11+. The van der Waals surface area contributed by atoms with Crippen molar-refractivity contribution >= 4 is 35.8 Å². The molecule has 0 spiro atoms. The van der Waals surface area contributed by atoms with Crippen molar-refractivity contribution < 1.29 is 4.74 Å². The second kappa shape index (κ2) is 10.2. The number of benzene rings is 1. The van der Waals surface area contributed by atoms with Gasteiger partial charge in [0, 0.05) is 52.2 Å². The lowest BCUT2D eigenvalue weighted by atomic mass is 10.2. The molecule has 2 aromatic rings. The third kappa shape index (κ3) is 5.69. The summed E-state index contributed by atoms with van der Waals surface area (Å²) >= 11 is 0. The van der Waals surface area contributed by atoms with E-state index in [0.29, 0.717) is 31.1 Å². The van der Waals surface area contributed by atoms with Gasteiger partial charge < -0.3 is 19.4 Å². The predicted molar refractivity (Wildman–Crippen MR) is 126 cm³/mol. The lowest BCUT2D eigenvalue weighted by Crippen LogP contribution is -2.38. The second-order valence-corrected chi connectivity index (χ2v) is 7.79. The third-order valence-corrected chi connectivity index (χ3v) is 5.32. The van der Waals surface area contributed by atoms with Crippen molar-refractivity contribution in [3.8, 4) is 0 Å². The van der Waals surface area contributed by atoms with E-state index in [4.69, 9.17) is 9.72 Å². The summed E-state index contributed by atoms with van der Waals surface area (Å²) in [4.78, 5) is 20.3. The Morgan fingerprint density at radius 2 is 1.58 bits per heavy atom. The van der Waals surface area contributed by atoms with Crippen LogP contribution in [0.5, 0.6) is 0 Å². The fourth-order valence-corrected chi connectivity index (χ4v) is 3.54. The van der Waals surface area contributed by atoms with Gasteiger partial charge in [-0.05, 0) is 36.6 Å². The Morgan fingerprint density at radius 3 is 2.23 bits per heavy atom. The third-order valence-electron chi connectivity index (χ3n) is 5.32. The van der Waals surface area contributed by atoms with E-state index in [1.54, 1.807) is 6.21 Å². The quantitative estimate of drug-likeness (QED) is 0.538. The minimum absolute atomic E-state index is 0.457. The van der Waals surface area contributed by atoms with Crippen LogP contribution >= 0.6 is 0 Å². The number of hydrazone groups is 1. The summed E-state index contributed by atoms with van der Waals surface area (Å²) in [6.45, 7) is 4.89. The van der Waals surface area contributed by atoms with E-state index in [0.717, 1.165) is 31.7 Å². The molecule has 0 bridgehead atoms. The Morgan fingerprint density at radius 1 is 0.935 bits per heavy atom. The molecule has 1 aromatic carbocycles. The summed E-state index contributed by atoms with van der Waals surface area (Å²) in [5.41, 5.74) is 5.25. The molecule has 2 saturated heterocycles. The molecule has 1 N–H and O–H groups in total. The number of aromatic nitrogens is 3. The molecule has 4 rings (SSSR count). The van der Waals surface area contributed by atoms with Gasteiger partial charge in [0.2, 0.25) is 17.8 Å². The first-order valence-electron chi connectivity index (χ1n) is 10.8. The van der Waals surface area contributed by atoms with Crippen LogP contribution in [0.25, 0.3) is 6.08 Å². The zero-order valence-electron chi connectivity index (χ0n) is 18.2. The monoisotopic (exact) mass is 422 g/mol. The maximum atomic E-state index is 5.46. The van der Waals surface area contributed by atoms with Gasteiger partial charge in [-0.15, -0.1) is 0 Å². The van der Waals surface area contributed by atoms with Gasteiger partial charge in [0.05, 0.1) is 13.2 Å². The Bertz CT molecular complexity index is 900. The molecule has 0 saturated carbocycles. The molecule has 0 radical (unpaired) electrons. The summed E-state index contributed by atoms with van der Waals surface area (Å²) in [5, 5.41) is 4.27. The Balaban J connectivity index is 1.43. The lowest BCUT2D eigenvalue weighted by Gasteiger charge is -2.27. The van der Waals surface area contributed by atoms with Crippen LogP contribution in [0.15, 0.2) is 35.4 Å². The Kier molecular flexibility index (Phi) is 6.93. The molecule has 1 aromatic heterocycles. The highest BCUT2D eigenvalue weighted by Gasteiger charge is 2.21. The van der Waals surface area contributed by atoms with E-state index in [1.165, 1.54) is 18.5 Å². The average Bonchev–Trinajstić information content (AvgIpc) is 3.35. The van der Waals surface area contributed by atoms with Crippen molar-refractivity contribution in [2.24, 2.45) is 5.10 Å². The second-order valence-electron chi connectivity index (χ2n) is 7.79. The average molecular weight is 423 g/mol. The molecule has 0 amide bonds. The minimum atomic E-state index is 0.457. The van der Waals surface area contributed by atoms with Crippen LogP contribution in [0.1, 0.15) is 18.4 Å². The van der Waals surface area contributed by atoms with Gasteiger partial charge in [-0.25, -0.2) is 5.43 Å². The van der Waals surface area contributed by atoms with Crippen molar-refractivity contribution in [1.29, 1.82) is 0 Å². The molecule has 9 nitrogen and oxygen atoms in total. The first-order chi connectivity index (χ1) is 15.2. The SMILES string of the molecule is CN(C)c1ccc(/C=C/C=N/Nc2nc(N3CCCC3)nc(N3CCOCC3)n2)cc1.